The molecule has 2 amide bonds. The summed E-state index contributed by atoms with van der Waals surface area (Å²) in [6.07, 6.45) is 0.346. The van der Waals surface area contributed by atoms with Crippen molar-refractivity contribution in [2.24, 2.45) is 0 Å². The van der Waals surface area contributed by atoms with Gasteiger partial charge in [0.25, 0.3) is 5.91 Å². The summed E-state index contributed by atoms with van der Waals surface area (Å²) in [6.45, 7) is 1.87. The fourth-order valence-corrected chi connectivity index (χ4v) is 2.37. The van der Waals surface area contributed by atoms with Gasteiger partial charge in [0.15, 0.2) is 6.61 Å². The number of amides is 2. The molecule has 0 unspecified atom stereocenters. The standard InChI is InChI=1S/C17H16N2O3/c1-11-4-2-3-5-15(11)22-10-17(21)18-13-6-7-14-12(8-13)9-16(20)19-14/h2-8H,9-10H2,1H3,(H,18,21)(H,19,20). The summed E-state index contributed by atoms with van der Waals surface area (Å²) < 4.78 is 5.50. The van der Waals surface area contributed by atoms with Crippen LogP contribution in [0.2, 0.25) is 0 Å². The normalized spacial score (nSPS) is 12.5. The number of para-hydroxylation sites is 1. The second-order valence-corrected chi connectivity index (χ2v) is 5.20. The average molecular weight is 296 g/mol. The minimum absolute atomic E-state index is 0.0265. The second-order valence-electron chi connectivity index (χ2n) is 5.20. The summed E-state index contributed by atoms with van der Waals surface area (Å²) in [5, 5.41) is 5.53. The summed E-state index contributed by atoms with van der Waals surface area (Å²) in [4.78, 5) is 23.2. The Kier molecular flexibility index (Phi) is 3.78. The van der Waals surface area contributed by atoms with Gasteiger partial charge in [0.2, 0.25) is 5.91 Å². The van der Waals surface area contributed by atoms with Crippen LogP contribution in [-0.2, 0) is 16.0 Å². The smallest absolute Gasteiger partial charge is 0.262 e. The van der Waals surface area contributed by atoms with E-state index in [1.807, 2.05) is 31.2 Å². The van der Waals surface area contributed by atoms with Crippen LogP contribution in [0.3, 0.4) is 0 Å². The fourth-order valence-electron chi connectivity index (χ4n) is 2.37. The van der Waals surface area contributed by atoms with E-state index in [4.69, 9.17) is 4.74 Å². The predicted octanol–water partition coefficient (Wildman–Crippen LogP) is 2.51. The molecule has 0 bridgehead atoms. The van der Waals surface area contributed by atoms with E-state index in [1.165, 1.54) is 0 Å². The SMILES string of the molecule is Cc1ccccc1OCC(=O)Nc1ccc2c(c1)CC(=O)N2. The maximum atomic E-state index is 11.9. The van der Waals surface area contributed by atoms with Gasteiger partial charge < -0.3 is 15.4 Å². The monoisotopic (exact) mass is 296 g/mol. The molecule has 112 valence electrons. The number of benzene rings is 2. The van der Waals surface area contributed by atoms with Gasteiger partial charge in [-0.05, 0) is 42.3 Å². The van der Waals surface area contributed by atoms with Gasteiger partial charge in [0.05, 0.1) is 6.42 Å². The van der Waals surface area contributed by atoms with Gasteiger partial charge in [-0.25, -0.2) is 0 Å². The third kappa shape index (κ3) is 3.09. The Morgan fingerprint density at radius 1 is 1.27 bits per heavy atom. The van der Waals surface area contributed by atoms with E-state index in [9.17, 15) is 9.59 Å². The van der Waals surface area contributed by atoms with Crippen LogP contribution in [-0.4, -0.2) is 18.4 Å². The van der Waals surface area contributed by atoms with E-state index >= 15 is 0 Å². The lowest BCUT2D eigenvalue weighted by atomic mass is 10.1. The van der Waals surface area contributed by atoms with Crippen LogP contribution in [0.1, 0.15) is 11.1 Å². The van der Waals surface area contributed by atoms with E-state index in [-0.39, 0.29) is 18.4 Å². The van der Waals surface area contributed by atoms with E-state index < -0.39 is 0 Å². The molecule has 0 atom stereocenters. The number of fused-ring (bicyclic) bond motifs is 1. The maximum Gasteiger partial charge on any atom is 0.262 e. The maximum absolute atomic E-state index is 11.9. The average Bonchev–Trinajstić information content (AvgIpc) is 2.86. The zero-order valence-electron chi connectivity index (χ0n) is 12.2. The second kappa shape index (κ2) is 5.89. The zero-order valence-corrected chi connectivity index (χ0v) is 12.2. The summed E-state index contributed by atoms with van der Waals surface area (Å²) in [6, 6.07) is 12.9. The van der Waals surface area contributed by atoms with Crippen molar-refractivity contribution in [2.45, 2.75) is 13.3 Å². The van der Waals surface area contributed by atoms with Crippen molar-refractivity contribution in [3.63, 3.8) is 0 Å². The number of carbonyl (C=O) groups excluding carboxylic acids is 2. The van der Waals surface area contributed by atoms with Crippen LogP contribution in [0.25, 0.3) is 0 Å². The van der Waals surface area contributed by atoms with Crippen molar-refractivity contribution < 1.29 is 14.3 Å². The summed E-state index contributed by atoms with van der Waals surface area (Å²) in [7, 11) is 0. The number of anilines is 2. The topological polar surface area (TPSA) is 67.4 Å². The first kappa shape index (κ1) is 14.1. The van der Waals surface area contributed by atoms with Crippen LogP contribution in [0.4, 0.5) is 11.4 Å². The number of aryl methyl sites for hydroxylation is 1. The van der Waals surface area contributed by atoms with Crippen molar-refractivity contribution in [1.82, 2.24) is 0 Å². The molecule has 2 aromatic rings. The Balaban J connectivity index is 1.60. The highest BCUT2D eigenvalue weighted by atomic mass is 16.5. The van der Waals surface area contributed by atoms with Crippen LogP contribution < -0.4 is 15.4 Å². The molecule has 0 saturated heterocycles. The van der Waals surface area contributed by atoms with Gasteiger partial charge in [-0.2, -0.15) is 0 Å². The molecular formula is C17H16N2O3. The van der Waals surface area contributed by atoms with Crippen molar-refractivity contribution >= 4 is 23.2 Å². The van der Waals surface area contributed by atoms with Gasteiger partial charge >= 0.3 is 0 Å². The van der Waals surface area contributed by atoms with Crippen molar-refractivity contribution in [1.29, 1.82) is 0 Å². The lowest BCUT2D eigenvalue weighted by molar-refractivity contribution is -0.118. The molecule has 0 aromatic heterocycles. The van der Waals surface area contributed by atoms with Crippen LogP contribution >= 0.6 is 0 Å². The first-order valence-electron chi connectivity index (χ1n) is 7.03. The van der Waals surface area contributed by atoms with Crippen LogP contribution in [0, 0.1) is 6.92 Å². The van der Waals surface area contributed by atoms with Gasteiger partial charge in [0, 0.05) is 11.4 Å². The lowest BCUT2D eigenvalue weighted by Crippen LogP contribution is -2.20. The van der Waals surface area contributed by atoms with Gasteiger partial charge in [-0.1, -0.05) is 18.2 Å². The lowest BCUT2D eigenvalue weighted by Gasteiger charge is -2.10. The Morgan fingerprint density at radius 2 is 2.09 bits per heavy atom. The van der Waals surface area contributed by atoms with Crippen molar-refractivity contribution in [3.05, 3.63) is 53.6 Å². The van der Waals surface area contributed by atoms with Crippen LogP contribution in [0.15, 0.2) is 42.5 Å². The number of carbonyl (C=O) groups is 2. The minimum Gasteiger partial charge on any atom is -0.483 e. The van der Waals surface area contributed by atoms with Crippen molar-refractivity contribution in [3.8, 4) is 5.75 Å². The summed E-state index contributed by atoms with van der Waals surface area (Å²) in [5.74, 6) is 0.434. The molecule has 3 rings (SSSR count). The van der Waals surface area contributed by atoms with Crippen LogP contribution in [0.5, 0.6) is 5.75 Å². The molecule has 5 nitrogen and oxygen atoms in total. The summed E-state index contributed by atoms with van der Waals surface area (Å²) >= 11 is 0. The number of nitrogens with one attached hydrogen (secondary N) is 2. The third-order valence-corrected chi connectivity index (χ3v) is 3.47. The van der Waals surface area contributed by atoms with Gasteiger partial charge in [-0.3, -0.25) is 9.59 Å². The van der Waals surface area contributed by atoms with E-state index in [2.05, 4.69) is 10.6 Å². The largest absolute Gasteiger partial charge is 0.483 e. The Bertz CT molecular complexity index is 740. The first-order chi connectivity index (χ1) is 10.6. The predicted molar refractivity (Wildman–Crippen MR) is 84.1 cm³/mol. The zero-order chi connectivity index (χ0) is 15.5. The van der Waals surface area contributed by atoms with E-state index in [0.29, 0.717) is 17.9 Å². The molecule has 0 fully saturated rings. The molecule has 0 radical (unpaired) electrons. The molecule has 0 aliphatic carbocycles. The quantitative estimate of drug-likeness (QED) is 0.911. The Morgan fingerprint density at radius 3 is 2.91 bits per heavy atom. The molecule has 1 aliphatic heterocycles. The molecule has 2 aromatic carbocycles. The number of hydrogen-bond donors (Lipinski definition) is 2. The van der Waals surface area contributed by atoms with E-state index in [1.54, 1.807) is 18.2 Å². The summed E-state index contributed by atoms with van der Waals surface area (Å²) in [5.41, 5.74) is 3.34. The highest BCUT2D eigenvalue weighted by Gasteiger charge is 2.17. The molecule has 5 heteroatoms. The fraction of sp³-hybridized carbons (Fsp3) is 0.176. The van der Waals surface area contributed by atoms with Gasteiger partial charge in [0.1, 0.15) is 5.75 Å². The minimum atomic E-state index is -0.236. The van der Waals surface area contributed by atoms with Crippen molar-refractivity contribution in [2.75, 3.05) is 17.2 Å². The highest BCUT2D eigenvalue weighted by Crippen LogP contribution is 2.26. The molecule has 0 spiro atoms. The molecule has 2 N–H and O–H groups in total. The number of rotatable bonds is 4. The highest BCUT2D eigenvalue weighted by molar-refractivity contribution is 6.00. The van der Waals surface area contributed by atoms with E-state index in [0.717, 1.165) is 16.8 Å². The number of ether oxygens (including phenoxy) is 1. The Hall–Kier alpha value is -2.82. The third-order valence-electron chi connectivity index (χ3n) is 3.47. The molecular weight excluding hydrogens is 280 g/mol. The van der Waals surface area contributed by atoms with Gasteiger partial charge in [-0.15, -0.1) is 0 Å². The number of hydrogen-bond acceptors (Lipinski definition) is 3. The molecule has 1 aliphatic rings. The molecule has 1 heterocycles. The molecule has 0 saturated carbocycles. The first-order valence-corrected chi connectivity index (χ1v) is 7.03. The molecule has 22 heavy (non-hydrogen) atoms. The Labute approximate surface area is 128 Å².